The van der Waals surface area contributed by atoms with Crippen molar-refractivity contribution in [2.24, 2.45) is 11.8 Å². The largest absolute Gasteiger partial charge is 0.374 e. The van der Waals surface area contributed by atoms with Crippen molar-refractivity contribution in [3.63, 3.8) is 0 Å². The minimum Gasteiger partial charge on any atom is -0.374 e. The molecule has 0 spiro atoms. The molecule has 5 heteroatoms. The van der Waals surface area contributed by atoms with Gasteiger partial charge in [0.15, 0.2) is 0 Å². The van der Waals surface area contributed by atoms with Crippen molar-refractivity contribution in [2.45, 2.75) is 57.5 Å². The first kappa shape index (κ1) is 15.2. The molecule has 1 amide bonds. The van der Waals surface area contributed by atoms with E-state index in [1.54, 1.807) is 0 Å². The lowest BCUT2D eigenvalue weighted by Crippen LogP contribution is -2.50. The van der Waals surface area contributed by atoms with Crippen LogP contribution in [0, 0.1) is 11.8 Å². The molecule has 0 aromatic carbocycles. The van der Waals surface area contributed by atoms with E-state index >= 15 is 0 Å². The Labute approximate surface area is 137 Å². The number of carbonyl (C=O) groups excluding carboxylic acids is 1. The van der Waals surface area contributed by atoms with Crippen LogP contribution in [-0.2, 0) is 22.4 Å². The zero-order valence-electron chi connectivity index (χ0n) is 13.8. The quantitative estimate of drug-likeness (QED) is 0.911. The maximum Gasteiger partial charge on any atom is 0.226 e. The molecule has 23 heavy (non-hydrogen) atoms. The molecule has 2 aliphatic carbocycles. The minimum absolute atomic E-state index is 0.119. The molecule has 1 saturated carbocycles. The molecule has 2 fully saturated rings. The third-order valence-corrected chi connectivity index (χ3v) is 5.95. The van der Waals surface area contributed by atoms with Gasteiger partial charge in [-0.15, -0.1) is 0 Å². The summed E-state index contributed by atoms with van der Waals surface area (Å²) in [6.07, 6.45) is 11.5. The van der Waals surface area contributed by atoms with E-state index in [4.69, 9.17) is 4.74 Å². The number of ether oxygens (including phenoxy) is 1. The third kappa shape index (κ3) is 3.16. The van der Waals surface area contributed by atoms with Gasteiger partial charge in [-0.3, -0.25) is 9.89 Å². The predicted molar refractivity (Wildman–Crippen MR) is 87.0 cm³/mol. The first-order valence-electron chi connectivity index (χ1n) is 9.23. The van der Waals surface area contributed by atoms with Gasteiger partial charge in [-0.05, 0) is 37.2 Å². The lowest BCUT2D eigenvalue weighted by atomic mass is 9.84. The Morgan fingerprint density at radius 1 is 1.26 bits per heavy atom. The number of amides is 1. The number of hydrogen-bond donors (Lipinski definition) is 1. The number of aromatic amines is 1. The monoisotopic (exact) mass is 317 g/mol. The van der Waals surface area contributed by atoms with Crippen molar-refractivity contribution in [3.8, 4) is 0 Å². The number of aromatic nitrogens is 2. The summed E-state index contributed by atoms with van der Waals surface area (Å²) in [6.45, 7) is 2.26. The predicted octanol–water partition coefficient (Wildman–Crippen LogP) is 2.32. The standard InChI is InChI=1S/C18H27N3O2/c22-18(14-6-7-15-11-19-20-16(15)10-14)21-8-9-23-17(12-21)13-4-2-1-3-5-13/h11,13-14,17H,1-10,12H2,(H,19,20). The summed E-state index contributed by atoms with van der Waals surface area (Å²) in [7, 11) is 0. The number of morpholine rings is 1. The molecule has 1 aliphatic heterocycles. The molecule has 1 N–H and O–H groups in total. The highest BCUT2D eigenvalue weighted by Gasteiger charge is 2.35. The van der Waals surface area contributed by atoms with Gasteiger partial charge in [0.2, 0.25) is 5.91 Å². The fourth-order valence-corrected chi connectivity index (χ4v) is 4.54. The number of nitrogens with zero attached hydrogens (tertiary/aromatic N) is 2. The molecule has 126 valence electrons. The average molecular weight is 317 g/mol. The first-order valence-corrected chi connectivity index (χ1v) is 9.23. The van der Waals surface area contributed by atoms with Gasteiger partial charge in [0.05, 0.1) is 18.9 Å². The van der Waals surface area contributed by atoms with Gasteiger partial charge in [0.25, 0.3) is 0 Å². The highest BCUT2D eigenvalue weighted by molar-refractivity contribution is 5.79. The summed E-state index contributed by atoms with van der Waals surface area (Å²) >= 11 is 0. The smallest absolute Gasteiger partial charge is 0.226 e. The number of hydrogen-bond acceptors (Lipinski definition) is 3. The Balaban J connectivity index is 1.38. The number of rotatable bonds is 2. The highest BCUT2D eigenvalue weighted by atomic mass is 16.5. The Morgan fingerprint density at radius 2 is 2.13 bits per heavy atom. The second kappa shape index (κ2) is 6.63. The van der Waals surface area contributed by atoms with E-state index in [2.05, 4.69) is 15.1 Å². The molecule has 5 nitrogen and oxygen atoms in total. The van der Waals surface area contributed by atoms with Gasteiger partial charge >= 0.3 is 0 Å². The van der Waals surface area contributed by atoms with E-state index in [9.17, 15) is 4.79 Å². The van der Waals surface area contributed by atoms with Crippen LogP contribution >= 0.6 is 0 Å². The Morgan fingerprint density at radius 3 is 3.00 bits per heavy atom. The number of aryl methyl sites for hydroxylation is 1. The van der Waals surface area contributed by atoms with E-state index in [1.165, 1.54) is 37.7 Å². The first-order chi connectivity index (χ1) is 11.3. The van der Waals surface area contributed by atoms with E-state index in [0.29, 0.717) is 18.4 Å². The zero-order valence-corrected chi connectivity index (χ0v) is 13.8. The topological polar surface area (TPSA) is 58.2 Å². The maximum absolute atomic E-state index is 12.9. The van der Waals surface area contributed by atoms with Crippen LogP contribution in [0.4, 0.5) is 0 Å². The van der Waals surface area contributed by atoms with Gasteiger partial charge in [0, 0.05) is 31.1 Å². The fourth-order valence-electron chi connectivity index (χ4n) is 4.54. The highest BCUT2D eigenvalue weighted by Crippen LogP contribution is 2.31. The molecular weight excluding hydrogens is 290 g/mol. The van der Waals surface area contributed by atoms with E-state index in [-0.39, 0.29) is 12.0 Å². The maximum atomic E-state index is 12.9. The van der Waals surface area contributed by atoms with Crippen LogP contribution in [0.2, 0.25) is 0 Å². The Kier molecular flexibility index (Phi) is 4.38. The molecule has 1 saturated heterocycles. The van der Waals surface area contributed by atoms with Crippen molar-refractivity contribution < 1.29 is 9.53 Å². The van der Waals surface area contributed by atoms with Crippen LogP contribution in [0.25, 0.3) is 0 Å². The fraction of sp³-hybridized carbons (Fsp3) is 0.778. The van der Waals surface area contributed by atoms with Crippen molar-refractivity contribution in [2.75, 3.05) is 19.7 Å². The van der Waals surface area contributed by atoms with E-state index in [1.807, 2.05) is 6.20 Å². The zero-order chi connectivity index (χ0) is 15.6. The van der Waals surface area contributed by atoms with Gasteiger partial charge in [-0.2, -0.15) is 5.10 Å². The average Bonchev–Trinajstić information content (AvgIpc) is 3.09. The lowest BCUT2D eigenvalue weighted by molar-refractivity contribution is -0.146. The molecule has 0 radical (unpaired) electrons. The summed E-state index contributed by atoms with van der Waals surface area (Å²) in [5.41, 5.74) is 2.45. The van der Waals surface area contributed by atoms with Crippen LogP contribution in [0.5, 0.6) is 0 Å². The second-order valence-electron chi connectivity index (χ2n) is 7.41. The molecular formula is C18H27N3O2. The van der Waals surface area contributed by atoms with Crippen LogP contribution in [0.15, 0.2) is 6.20 Å². The van der Waals surface area contributed by atoms with Crippen molar-refractivity contribution in [1.29, 1.82) is 0 Å². The number of H-pyrrole nitrogens is 1. The van der Waals surface area contributed by atoms with Gasteiger partial charge in [-0.1, -0.05) is 19.3 Å². The summed E-state index contributed by atoms with van der Waals surface area (Å²) < 4.78 is 6.02. The molecule has 1 aromatic heterocycles. The van der Waals surface area contributed by atoms with Gasteiger partial charge in [-0.25, -0.2) is 0 Å². The summed E-state index contributed by atoms with van der Waals surface area (Å²) in [5, 5.41) is 7.17. The van der Waals surface area contributed by atoms with E-state index in [0.717, 1.165) is 38.0 Å². The molecule has 2 unspecified atom stereocenters. The second-order valence-corrected chi connectivity index (χ2v) is 7.41. The summed E-state index contributed by atoms with van der Waals surface area (Å²) in [6, 6.07) is 0. The number of nitrogens with one attached hydrogen (secondary N) is 1. The number of fused-ring (bicyclic) bond motifs is 1. The molecule has 2 atom stereocenters. The molecule has 0 bridgehead atoms. The van der Waals surface area contributed by atoms with Crippen LogP contribution in [-0.4, -0.2) is 46.8 Å². The van der Waals surface area contributed by atoms with E-state index < -0.39 is 0 Å². The van der Waals surface area contributed by atoms with Crippen LogP contribution in [0.1, 0.15) is 49.8 Å². The van der Waals surface area contributed by atoms with Gasteiger partial charge in [0.1, 0.15) is 0 Å². The SMILES string of the molecule is O=C(C1CCc2cn[nH]c2C1)N1CCOC(C2CCCCC2)C1. The Hall–Kier alpha value is -1.36. The Bertz CT molecular complexity index is 550. The van der Waals surface area contributed by atoms with Crippen LogP contribution < -0.4 is 0 Å². The van der Waals surface area contributed by atoms with Gasteiger partial charge < -0.3 is 9.64 Å². The molecule has 4 rings (SSSR count). The van der Waals surface area contributed by atoms with Crippen LogP contribution in [0.3, 0.4) is 0 Å². The summed E-state index contributed by atoms with van der Waals surface area (Å²) in [5.74, 6) is 1.10. The van der Waals surface area contributed by atoms with Crippen molar-refractivity contribution >= 4 is 5.91 Å². The third-order valence-electron chi connectivity index (χ3n) is 5.95. The molecule has 3 aliphatic rings. The molecule has 1 aromatic rings. The minimum atomic E-state index is 0.119. The lowest BCUT2D eigenvalue weighted by Gasteiger charge is -2.40. The number of carbonyl (C=O) groups is 1. The van der Waals surface area contributed by atoms with Crippen molar-refractivity contribution in [1.82, 2.24) is 15.1 Å². The normalized spacial score (nSPS) is 29.3. The molecule has 2 heterocycles. The summed E-state index contributed by atoms with van der Waals surface area (Å²) in [4.78, 5) is 15.0. The van der Waals surface area contributed by atoms with Crippen molar-refractivity contribution in [3.05, 3.63) is 17.5 Å².